The van der Waals surface area contributed by atoms with Crippen LogP contribution in [0.5, 0.6) is 0 Å². The maximum Gasteiger partial charge on any atom is 0.261 e. The molecule has 0 saturated carbocycles. The van der Waals surface area contributed by atoms with Crippen molar-refractivity contribution in [3.05, 3.63) is 39.4 Å². The molecule has 114 valence electrons. The maximum absolute atomic E-state index is 12.6. The highest BCUT2D eigenvalue weighted by Crippen LogP contribution is 2.23. The molecule has 1 heterocycles. The van der Waals surface area contributed by atoms with Crippen molar-refractivity contribution in [1.29, 1.82) is 0 Å². The van der Waals surface area contributed by atoms with E-state index in [-0.39, 0.29) is 5.56 Å². The van der Waals surface area contributed by atoms with Crippen LogP contribution in [0.15, 0.2) is 16.9 Å². The largest absolute Gasteiger partial charge is 0.389 e. The van der Waals surface area contributed by atoms with E-state index in [4.69, 9.17) is 0 Å². The van der Waals surface area contributed by atoms with Gasteiger partial charge in [-0.15, -0.1) is 0 Å². The SMILES string of the molecule is Cc1cc(C(C)O)c2nc(CCC(C)C)n(C)c(=O)c2c1. The summed E-state index contributed by atoms with van der Waals surface area (Å²) < 4.78 is 1.63. The third-order valence-electron chi connectivity index (χ3n) is 3.84. The molecule has 0 spiro atoms. The van der Waals surface area contributed by atoms with Gasteiger partial charge in [0.05, 0.1) is 17.0 Å². The molecular weight excluding hydrogens is 264 g/mol. The van der Waals surface area contributed by atoms with Crippen LogP contribution in [0.4, 0.5) is 0 Å². The quantitative estimate of drug-likeness (QED) is 0.941. The molecule has 1 aromatic carbocycles. The summed E-state index contributed by atoms with van der Waals surface area (Å²) in [4.78, 5) is 17.2. The van der Waals surface area contributed by atoms with Crippen LogP contribution in [-0.4, -0.2) is 14.7 Å². The number of nitrogens with zero attached hydrogens (tertiary/aromatic N) is 2. The van der Waals surface area contributed by atoms with Crippen LogP contribution < -0.4 is 5.56 Å². The fourth-order valence-corrected chi connectivity index (χ4v) is 2.56. The van der Waals surface area contributed by atoms with E-state index >= 15 is 0 Å². The van der Waals surface area contributed by atoms with Gasteiger partial charge in [-0.25, -0.2) is 4.98 Å². The zero-order chi connectivity index (χ0) is 15.7. The molecule has 0 bridgehead atoms. The number of aryl methyl sites for hydroxylation is 2. The summed E-state index contributed by atoms with van der Waals surface area (Å²) in [6, 6.07) is 3.76. The van der Waals surface area contributed by atoms with Gasteiger partial charge in [0.2, 0.25) is 0 Å². The van der Waals surface area contributed by atoms with Crippen molar-refractivity contribution in [2.45, 2.75) is 46.6 Å². The van der Waals surface area contributed by atoms with Crippen LogP contribution in [0.2, 0.25) is 0 Å². The third kappa shape index (κ3) is 3.16. The molecule has 2 rings (SSSR count). The number of rotatable bonds is 4. The van der Waals surface area contributed by atoms with Crippen molar-refractivity contribution in [3.63, 3.8) is 0 Å². The number of aliphatic hydroxyl groups is 1. The lowest BCUT2D eigenvalue weighted by Crippen LogP contribution is -2.23. The predicted octanol–water partition coefficient (Wildman–Crippen LogP) is 2.88. The zero-order valence-electron chi connectivity index (χ0n) is 13.5. The highest BCUT2D eigenvalue weighted by molar-refractivity contribution is 5.82. The predicted molar refractivity (Wildman–Crippen MR) is 85.5 cm³/mol. The summed E-state index contributed by atoms with van der Waals surface area (Å²) in [6.45, 7) is 7.95. The Morgan fingerprint density at radius 3 is 2.52 bits per heavy atom. The van der Waals surface area contributed by atoms with Gasteiger partial charge in [0, 0.05) is 19.0 Å². The van der Waals surface area contributed by atoms with E-state index in [1.807, 2.05) is 19.1 Å². The molecule has 1 N–H and O–H groups in total. The molecule has 21 heavy (non-hydrogen) atoms. The summed E-state index contributed by atoms with van der Waals surface area (Å²) in [7, 11) is 1.77. The van der Waals surface area contributed by atoms with Crippen molar-refractivity contribution in [3.8, 4) is 0 Å². The van der Waals surface area contributed by atoms with Gasteiger partial charge < -0.3 is 5.11 Å². The summed E-state index contributed by atoms with van der Waals surface area (Å²) >= 11 is 0. The van der Waals surface area contributed by atoms with Gasteiger partial charge in [0.15, 0.2) is 0 Å². The van der Waals surface area contributed by atoms with Gasteiger partial charge >= 0.3 is 0 Å². The number of aromatic nitrogens is 2. The van der Waals surface area contributed by atoms with Crippen molar-refractivity contribution >= 4 is 10.9 Å². The fraction of sp³-hybridized carbons (Fsp3) is 0.529. The Morgan fingerprint density at radius 1 is 1.29 bits per heavy atom. The van der Waals surface area contributed by atoms with Gasteiger partial charge in [0.1, 0.15) is 5.82 Å². The smallest absolute Gasteiger partial charge is 0.261 e. The molecule has 0 aliphatic rings. The number of hydrogen-bond donors (Lipinski definition) is 1. The van der Waals surface area contributed by atoms with E-state index < -0.39 is 6.10 Å². The first kappa shape index (κ1) is 15.7. The number of benzene rings is 1. The molecule has 1 unspecified atom stereocenters. The molecule has 0 aliphatic heterocycles. The van der Waals surface area contributed by atoms with E-state index in [9.17, 15) is 9.90 Å². The van der Waals surface area contributed by atoms with E-state index in [1.54, 1.807) is 18.5 Å². The summed E-state index contributed by atoms with van der Waals surface area (Å²) in [5, 5.41) is 10.6. The van der Waals surface area contributed by atoms with E-state index in [1.165, 1.54) is 0 Å². The third-order valence-corrected chi connectivity index (χ3v) is 3.84. The van der Waals surface area contributed by atoms with Crippen LogP contribution in [0, 0.1) is 12.8 Å². The summed E-state index contributed by atoms with van der Waals surface area (Å²) in [5.41, 5.74) is 2.29. The minimum atomic E-state index is -0.634. The molecule has 2 aromatic rings. The molecule has 4 nitrogen and oxygen atoms in total. The molecular formula is C17H24N2O2. The topological polar surface area (TPSA) is 55.1 Å². The standard InChI is InChI=1S/C17H24N2O2/c1-10(2)6-7-15-18-16-13(12(4)20)8-11(3)9-14(16)17(21)19(15)5/h8-10,12,20H,6-7H2,1-5H3. The fourth-order valence-electron chi connectivity index (χ4n) is 2.56. The number of fused-ring (bicyclic) bond motifs is 1. The Bertz CT molecular complexity index is 715. The van der Waals surface area contributed by atoms with E-state index in [2.05, 4.69) is 18.8 Å². The van der Waals surface area contributed by atoms with Crippen LogP contribution in [-0.2, 0) is 13.5 Å². The van der Waals surface area contributed by atoms with Crippen molar-refractivity contribution < 1.29 is 5.11 Å². The Labute approximate surface area is 125 Å². The number of aliphatic hydroxyl groups excluding tert-OH is 1. The lowest BCUT2D eigenvalue weighted by Gasteiger charge is -2.14. The maximum atomic E-state index is 12.6. The Morgan fingerprint density at radius 2 is 1.95 bits per heavy atom. The summed E-state index contributed by atoms with van der Waals surface area (Å²) in [5.74, 6) is 1.35. The van der Waals surface area contributed by atoms with Gasteiger partial charge in [-0.1, -0.05) is 19.9 Å². The van der Waals surface area contributed by atoms with Gasteiger partial charge in [0.25, 0.3) is 5.56 Å². The molecule has 4 heteroatoms. The first-order valence-corrected chi connectivity index (χ1v) is 7.49. The second-order valence-corrected chi connectivity index (χ2v) is 6.25. The lowest BCUT2D eigenvalue weighted by molar-refractivity contribution is 0.200. The molecule has 0 amide bonds. The molecule has 1 atom stereocenters. The minimum Gasteiger partial charge on any atom is -0.389 e. The molecule has 0 aliphatic carbocycles. The molecule has 0 radical (unpaired) electrons. The first-order chi connectivity index (χ1) is 9.81. The second kappa shape index (κ2) is 5.98. The average molecular weight is 288 g/mol. The normalized spacial score (nSPS) is 13.1. The Balaban J connectivity index is 2.70. The van der Waals surface area contributed by atoms with Crippen molar-refractivity contribution in [2.24, 2.45) is 13.0 Å². The Hall–Kier alpha value is -1.68. The average Bonchev–Trinajstić information content (AvgIpc) is 2.40. The van der Waals surface area contributed by atoms with Crippen LogP contribution in [0.25, 0.3) is 10.9 Å². The van der Waals surface area contributed by atoms with Crippen LogP contribution in [0.1, 0.15) is 50.2 Å². The van der Waals surface area contributed by atoms with Gasteiger partial charge in [-0.05, 0) is 37.8 Å². The number of hydrogen-bond acceptors (Lipinski definition) is 3. The monoisotopic (exact) mass is 288 g/mol. The second-order valence-electron chi connectivity index (χ2n) is 6.25. The molecule has 0 saturated heterocycles. The van der Waals surface area contributed by atoms with Crippen LogP contribution in [0.3, 0.4) is 0 Å². The lowest BCUT2D eigenvalue weighted by atomic mass is 10.0. The first-order valence-electron chi connectivity index (χ1n) is 7.49. The van der Waals surface area contributed by atoms with Crippen LogP contribution >= 0.6 is 0 Å². The van der Waals surface area contributed by atoms with Gasteiger partial charge in [-0.2, -0.15) is 0 Å². The molecule has 0 fully saturated rings. The zero-order valence-corrected chi connectivity index (χ0v) is 13.5. The van der Waals surface area contributed by atoms with Crippen molar-refractivity contribution in [1.82, 2.24) is 9.55 Å². The van der Waals surface area contributed by atoms with Gasteiger partial charge in [-0.3, -0.25) is 9.36 Å². The molecule has 1 aromatic heterocycles. The summed E-state index contributed by atoms with van der Waals surface area (Å²) in [6.07, 6.45) is 1.12. The van der Waals surface area contributed by atoms with Crippen molar-refractivity contribution in [2.75, 3.05) is 0 Å². The highest BCUT2D eigenvalue weighted by atomic mass is 16.3. The Kier molecular flexibility index (Phi) is 4.47. The minimum absolute atomic E-state index is 0.0376. The highest BCUT2D eigenvalue weighted by Gasteiger charge is 2.15. The van der Waals surface area contributed by atoms with E-state index in [0.717, 1.165) is 29.8 Å². The van der Waals surface area contributed by atoms with E-state index in [0.29, 0.717) is 16.8 Å².